The first kappa shape index (κ1) is 34.7. The van der Waals surface area contributed by atoms with Crippen molar-refractivity contribution in [1.82, 2.24) is 0 Å². The normalized spacial score (nSPS) is 35.4. The topological polar surface area (TPSA) is 36.9 Å². The van der Waals surface area contributed by atoms with Gasteiger partial charge in [0.2, 0.25) is 0 Å². The third kappa shape index (κ3) is 5.49. The largest absolute Gasteiger partial charge is 0.413 e. The molecule has 3 aliphatic rings. The van der Waals surface area contributed by atoms with E-state index in [0.717, 1.165) is 12.8 Å². The number of hydrogen-bond acceptors (Lipinski definition) is 4. The van der Waals surface area contributed by atoms with E-state index in [2.05, 4.69) is 135 Å². The molecule has 0 N–H and O–H groups in total. The fraction of sp³-hybridized carbons (Fsp3) is 0.939. The summed E-state index contributed by atoms with van der Waals surface area (Å²) in [4.78, 5) is 0. The molecule has 6 atom stereocenters. The molecule has 1 saturated heterocycles. The molecule has 1 saturated carbocycles. The van der Waals surface area contributed by atoms with Crippen LogP contribution in [0.15, 0.2) is 11.6 Å². The van der Waals surface area contributed by atoms with Crippen molar-refractivity contribution < 1.29 is 18.0 Å². The van der Waals surface area contributed by atoms with Crippen molar-refractivity contribution in [1.29, 1.82) is 0 Å². The van der Waals surface area contributed by atoms with Gasteiger partial charge in [0, 0.05) is 0 Å². The second kappa shape index (κ2) is 9.87. The molecule has 1 aliphatic heterocycles. The zero-order chi connectivity index (χ0) is 31.3. The van der Waals surface area contributed by atoms with Crippen LogP contribution in [0.2, 0.25) is 54.4 Å². The Kier molecular flexibility index (Phi) is 8.56. The van der Waals surface area contributed by atoms with Crippen molar-refractivity contribution in [2.45, 2.75) is 187 Å². The second-order valence-electron chi connectivity index (χ2n) is 18.8. The molecule has 0 amide bonds. The molecule has 3 rings (SSSR count). The van der Waals surface area contributed by atoms with Crippen molar-refractivity contribution in [3.8, 4) is 0 Å². The van der Waals surface area contributed by atoms with Gasteiger partial charge in [0.15, 0.2) is 25.0 Å². The molecule has 2 fully saturated rings. The third-order valence-electron chi connectivity index (χ3n) is 12.6. The quantitative estimate of drug-likeness (QED) is 0.221. The summed E-state index contributed by atoms with van der Waals surface area (Å²) in [6, 6.07) is 0. The Morgan fingerprint density at radius 2 is 1.15 bits per heavy atom. The van der Waals surface area contributed by atoms with Crippen LogP contribution < -0.4 is 0 Å². The van der Waals surface area contributed by atoms with Crippen molar-refractivity contribution in [2.24, 2.45) is 11.3 Å². The molecule has 2 bridgehead atoms. The maximum absolute atomic E-state index is 7.63. The standard InChI is InChI=1S/C33H66O4Si3/c1-23-20-25(34-38(14,15)28(2,3)4)27(36-40(18,19)30(8,9)10)32(13)26(35-39(16,17)29(5,6)7)21-24-22-33(23,32)37-31(24,11)12/h20,24-27H,21-22H2,1-19H3/t24-,25+,26+,27+,32-,33+/m1/s1. The highest BCUT2D eigenvalue weighted by atomic mass is 28.4. The highest BCUT2D eigenvalue weighted by Crippen LogP contribution is 2.67. The molecule has 7 heteroatoms. The van der Waals surface area contributed by atoms with Crippen LogP contribution in [0.3, 0.4) is 0 Å². The maximum atomic E-state index is 7.63. The molecule has 1 spiro atoms. The minimum absolute atomic E-state index is 0.0397. The lowest BCUT2D eigenvalue weighted by Gasteiger charge is -2.63. The van der Waals surface area contributed by atoms with Crippen molar-refractivity contribution in [3.63, 3.8) is 0 Å². The first-order chi connectivity index (χ1) is 17.5. The number of ether oxygens (including phenoxy) is 1. The Bertz CT molecular complexity index is 995. The number of rotatable bonds is 6. The summed E-state index contributed by atoms with van der Waals surface area (Å²) >= 11 is 0. The van der Waals surface area contributed by atoms with Gasteiger partial charge in [-0.05, 0) is 99.5 Å². The number of hydrogen-bond donors (Lipinski definition) is 0. The van der Waals surface area contributed by atoms with Gasteiger partial charge >= 0.3 is 0 Å². The molecule has 0 aromatic heterocycles. The zero-order valence-corrected chi connectivity index (χ0v) is 32.9. The van der Waals surface area contributed by atoms with Crippen LogP contribution in [0, 0.1) is 11.3 Å². The molecule has 2 aliphatic carbocycles. The smallest absolute Gasteiger partial charge is 0.193 e. The summed E-state index contributed by atoms with van der Waals surface area (Å²) in [7, 11) is -6.39. The van der Waals surface area contributed by atoms with E-state index in [0.29, 0.717) is 5.92 Å². The first-order valence-electron chi connectivity index (χ1n) is 15.9. The van der Waals surface area contributed by atoms with E-state index in [1.807, 2.05) is 0 Å². The fourth-order valence-corrected chi connectivity index (χ4v) is 10.5. The predicted octanol–water partition coefficient (Wildman–Crippen LogP) is 10.1. The van der Waals surface area contributed by atoms with Gasteiger partial charge in [0.05, 0.1) is 29.3 Å². The predicted molar refractivity (Wildman–Crippen MR) is 179 cm³/mol. The van der Waals surface area contributed by atoms with E-state index < -0.39 is 30.6 Å². The van der Waals surface area contributed by atoms with E-state index in [1.54, 1.807) is 0 Å². The van der Waals surface area contributed by atoms with Gasteiger partial charge in [-0.1, -0.05) is 75.3 Å². The van der Waals surface area contributed by atoms with E-state index in [-0.39, 0.29) is 44.4 Å². The highest BCUT2D eigenvalue weighted by molar-refractivity contribution is 6.75. The highest BCUT2D eigenvalue weighted by Gasteiger charge is 2.73. The first-order valence-corrected chi connectivity index (χ1v) is 24.6. The van der Waals surface area contributed by atoms with Crippen LogP contribution in [-0.4, -0.2) is 54.5 Å². The molecule has 0 aromatic carbocycles. The third-order valence-corrected chi connectivity index (χ3v) is 26.1. The van der Waals surface area contributed by atoms with Gasteiger partial charge in [-0.3, -0.25) is 0 Å². The van der Waals surface area contributed by atoms with Crippen molar-refractivity contribution >= 4 is 25.0 Å². The molecule has 40 heavy (non-hydrogen) atoms. The van der Waals surface area contributed by atoms with Gasteiger partial charge in [0.25, 0.3) is 0 Å². The van der Waals surface area contributed by atoms with E-state index in [4.69, 9.17) is 18.0 Å². The maximum Gasteiger partial charge on any atom is 0.193 e. The van der Waals surface area contributed by atoms with E-state index in [9.17, 15) is 0 Å². The average Bonchev–Trinajstić information content (AvgIpc) is 2.94. The van der Waals surface area contributed by atoms with Crippen LogP contribution in [0.4, 0.5) is 0 Å². The van der Waals surface area contributed by atoms with Crippen molar-refractivity contribution in [2.75, 3.05) is 0 Å². The Morgan fingerprint density at radius 1 is 0.725 bits per heavy atom. The van der Waals surface area contributed by atoms with Gasteiger partial charge in [-0.25, -0.2) is 0 Å². The molecule has 1 heterocycles. The van der Waals surface area contributed by atoms with Crippen LogP contribution in [0.5, 0.6) is 0 Å². The van der Waals surface area contributed by atoms with Crippen LogP contribution in [-0.2, 0) is 18.0 Å². The lowest BCUT2D eigenvalue weighted by atomic mass is 9.52. The second-order valence-corrected chi connectivity index (χ2v) is 33.1. The molecule has 234 valence electrons. The summed E-state index contributed by atoms with van der Waals surface area (Å²) in [6.07, 6.45) is 4.22. The van der Waals surface area contributed by atoms with E-state index in [1.165, 1.54) is 5.57 Å². The average molecular weight is 611 g/mol. The lowest BCUT2D eigenvalue weighted by molar-refractivity contribution is -0.210. The molecule has 0 aromatic rings. The summed E-state index contributed by atoms with van der Waals surface area (Å²) in [5.74, 6) is 0.449. The Labute approximate surface area is 252 Å². The molecule has 0 unspecified atom stereocenters. The van der Waals surface area contributed by atoms with Gasteiger partial charge in [0.1, 0.15) is 5.60 Å². The monoisotopic (exact) mass is 610 g/mol. The summed E-state index contributed by atoms with van der Waals surface area (Å²) in [6.45, 7) is 44.8. The summed E-state index contributed by atoms with van der Waals surface area (Å²) < 4.78 is 29.9. The SMILES string of the molecule is CC1=C[C@H](O[Si](C)(C)C(C)(C)C)[C@H](O[Si](C)(C)C(C)(C)C)[C@@]2(C)[C@@H](O[Si](C)(C)C(C)(C)C)C[C@@H]3C[C@]12OC3(C)C. The molecular formula is C33H66O4Si3. The molecular weight excluding hydrogens is 545 g/mol. The molecule has 0 radical (unpaired) electrons. The Balaban J connectivity index is 2.31. The van der Waals surface area contributed by atoms with Crippen LogP contribution in [0.1, 0.15) is 103 Å². The number of fused-ring (bicyclic) bond motifs is 1. The van der Waals surface area contributed by atoms with Crippen LogP contribution >= 0.6 is 0 Å². The van der Waals surface area contributed by atoms with Crippen LogP contribution in [0.25, 0.3) is 0 Å². The van der Waals surface area contributed by atoms with Gasteiger partial charge in [-0.2, -0.15) is 0 Å². The Hall–Kier alpha value is 0.231. The van der Waals surface area contributed by atoms with Crippen molar-refractivity contribution in [3.05, 3.63) is 11.6 Å². The van der Waals surface area contributed by atoms with Gasteiger partial charge in [-0.15, -0.1) is 0 Å². The summed E-state index contributed by atoms with van der Waals surface area (Å²) in [5.41, 5.74) is 0.296. The summed E-state index contributed by atoms with van der Waals surface area (Å²) in [5, 5.41) is 0.305. The minimum Gasteiger partial charge on any atom is -0.413 e. The van der Waals surface area contributed by atoms with E-state index >= 15 is 0 Å². The molecule has 4 nitrogen and oxygen atoms in total. The lowest BCUT2D eigenvalue weighted by Crippen LogP contribution is -2.71. The Morgan fingerprint density at radius 3 is 1.60 bits per heavy atom. The minimum atomic E-state index is -2.19. The van der Waals surface area contributed by atoms with Gasteiger partial charge < -0.3 is 18.0 Å². The zero-order valence-electron chi connectivity index (χ0n) is 29.9. The fourth-order valence-electron chi connectivity index (χ4n) is 6.52.